The number of likely N-dealkylation sites (N-methyl/N-ethyl adjacent to an activating group) is 1. The van der Waals surface area contributed by atoms with E-state index < -0.39 is 9.84 Å². The first-order valence-electron chi connectivity index (χ1n) is 5.32. The highest BCUT2D eigenvalue weighted by Crippen LogP contribution is 2.30. The maximum absolute atomic E-state index is 11.3. The number of hydrogen-bond acceptors (Lipinski definition) is 5. The molecule has 2 fully saturated rings. The molecule has 88 valence electrons. The summed E-state index contributed by atoms with van der Waals surface area (Å²) in [6, 6.07) is 0. The molecule has 6 heteroatoms. The molecule has 0 aliphatic carbocycles. The Bertz CT molecular complexity index is 321. The summed E-state index contributed by atoms with van der Waals surface area (Å²) < 4.78 is 22.6. The van der Waals surface area contributed by atoms with Gasteiger partial charge in [0.1, 0.15) is 0 Å². The number of piperazine rings is 1. The van der Waals surface area contributed by atoms with Gasteiger partial charge < -0.3 is 10.6 Å². The van der Waals surface area contributed by atoms with Crippen LogP contribution in [0.5, 0.6) is 0 Å². The fourth-order valence-electron chi connectivity index (χ4n) is 2.49. The molecule has 0 atom stereocenters. The van der Waals surface area contributed by atoms with Crippen molar-refractivity contribution in [2.45, 2.75) is 5.54 Å². The Labute approximate surface area is 91.1 Å². The summed E-state index contributed by atoms with van der Waals surface area (Å²) in [7, 11) is -0.712. The first kappa shape index (κ1) is 11.3. The van der Waals surface area contributed by atoms with Crippen LogP contribution < -0.4 is 5.73 Å². The highest BCUT2D eigenvalue weighted by molar-refractivity contribution is 7.93. The lowest BCUT2D eigenvalue weighted by molar-refractivity contribution is 0.0623. The number of nitrogens with two attached hydrogens (primary N) is 1. The summed E-state index contributed by atoms with van der Waals surface area (Å²) in [6.45, 7) is 4.33. The van der Waals surface area contributed by atoms with Crippen LogP contribution in [-0.2, 0) is 9.84 Å². The van der Waals surface area contributed by atoms with Crippen LogP contribution in [0.4, 0.5) is 0 Å². The molecule has 0 saturated carbocycles. The van der Waals surface area contributed by atoms with E-state index in [0.29, 0.717) is 6.54 Å². The normalized spacial score (nSPS) is 31.1. The Morgan fingerprint density at radius 3 is 2.13 bits per heavy atom. The van der Waals surface area contributed by atoms with E-state index >= 15 is 0 Å². The van der Waals surface area contributed by atoms with Crippen molar-refractivity contribution < 1.29 is 8.42 Å². The van der Waals surface area contributed by atoms with Gasteiger partial charge in [-0.2, -0.15) is 0 Å². The fourth-order valence-corrected chi connectivity index (χ4v) is 4.64. The summed E-state index contributed by atoms with van der Waals surface area (Å²) in [5, 5.41) is 0. The lowest BCUT2D eigenvalue weighted by atomic mass is 10.0. The van der Waals surface area contributed by atoms with Gasteiger partial charge in [0.15, 0.2) is 9.84 Å². The Hall–Kier alpha value is -0.170. The molecular weight excluding hydrogens is 214 g/mol. The van der Waals surface area contributed by atoms with E-state index in [9.17, 15) is 8.42 Å². The van der Waals surface area contributed by atoms with Crippen molar-refractivity contribution in [3.8, 4) is 0 Å². The van der Waals surface area contributed by atoms with Crippen LogP contribution in [0, 0.1) is 0 Å². The first-order valence-corrected chi connectivity index (χ1v) is 7.14. The van der Waals surface area contributed by atoms with Crippen molar-refractivity contribution in [2.24, 2.45) is 5.73 Å². The van der Waals surface area contributed by atoms with Gasteiger partial charge in [-0.05, 0) is 7.05 Å². The summed E-state index contributed by atoms with van der Waals surface area (Å²) >= 11 is 0. The fraction of sp³-hybridized carbons (Fsp3) is 1.00. The minimum Gasteiger partial charge on any atom is -0.329 e. The topological polar surface area (TPSA) is 66.6 Å². The monoisotopic (exact) mass is 233 g/mol. The average molecular weight is 233 g/mol. The smallest absolute Gasteiger partial charge is 0.154 e. The molecule has 0 aromatic rings. The van der Waals surface area contributed by atoms with E-state index in [1.807, 2.05) is 0 Å². The van der Waals surface area contributed by atoms with Crippen LogP contribution in [0.15, 0.2) is 0 Å². The first-order chi connectivity index (χ1) is 6.97. The predicted molar refractivity (Wildman–Crippen MR) is 59.5 cm³/mol. The van der Waals surface area contributed by atoms with Crippen LogP contribution in [0.2, 0.25) is 0 Å². The van der Waals surface area contributed by atoms with Gasteiger partial charge in [0.05, 0.1) is 17.0 Å². The molecule has 0 spiro atoms. The molecule has 0 aromatic carbocycles. The molecule has 2 heterocycles. The largest absolute Gasteiger partial charge is 0.329 e. The molecule has 2 N–H and O–H groups in total. The molecule has 2 aliphatic rings. The molecule has 0 bridgehead atoms. The molecule has 2 rings (SSSR count). The van der Waals surface area contributed by atoms with E-state index in [1.54, 1.807) is 0 Å². The number of hydrogen-bond donors (Lipinski definition) is 1. The third kappa shape index (κ3) is 2.04. The zero-order chi connectivity index (χ0) is 11.1. The Kier molecular flexibility index (Phi) is 2.79. The van der Waals surface area contributed by atoms with Crippen LogP contribution in [0.25, 0.3) is 0 Å². The SMILES string of the molecule is CN1CCN(C2(CN)CS(=O)(=O)C2)CC1. The van der Waals surface area contributed by atoms with Crippen LogP contribution in [0.1, 0.15) is 0 Å². The van der Waals surface area contributed by atoms with E-state index in [0.717, 1.165) is 26.2 Å². The Balaban J connectivity index is 2.03. The molecular formula is C9H19N3O2S. The van der Waals surface area contributed by atoms with Gasteiger partial charge in [-0.15, -0.1) is 0 Å². The van der Waals surface area contributed by atoms with Crippen molar-refractivity contribution in [2.75, 3.05) is 51.3 Å². The lowest BCUT2D eigenvalue weighted by Gasteiger charge is -2.51. The molecule has 0 amide bonds. The highest BCUT2D eigenvalue weighted by Gasteiger charge is 2.51. The second kappa shape index (κ2) is 3.69. The van der Waals surface area contributed by atoms with Crippen LogP contribution in [-0.4, -0.2) is 75.0 Å². The maximum Gasteiger partial charge on any atom is 0.154 e. The van der Waals surface area contributed by atoms with Crippen molar-refractivity contribution in [3.63, 3.8) is 0 Å². The van der Waals surface area contributed by atoms with Gasteiger partial charge in [-0.25, -0.2) is 8.42 Å². The number of rotatable bonds is 2. The quantitative estimate of drug-likeness (QED) is 0.619. The van der Waals surface area contributed by atoms with Gasteiger partial charge in [0.2, 0.25) is 0 Å². The van der Waals surface area contributed by atoms with Gasteiger partial charge in [0, 0.05) is 32.7 Å². The molecule has 0 unspecified atom stereocenters. The zero-order valence-electron chi connectivity index (χ0n) is 9.15. The van der Waals surface area contributed by atoms with Crippen molar-refractivity contribution in [1.82, 2.24) is 9.80 Å². The third-order valence-electron chi connectivity index (χ3n) is 3.53. The minimum absolute atomic E-state index is 0.250. The van der Waals surface area contributed by atoms with E-state index in [4.69, 9.17) is 5.73 Å². The Morgan fingerprint density at radius 2 is 1.73 bits per heavy atom. The second-order valence-electron chi connectivity index (χ2n) is 4.75. The number of nitrogens with zero attached hydrogens (tertiary/aromatic N) is 2. The van der Waals surface area contributed by atoms with Gasteiger partial charge in [-0.3, -0.25) is 4.90 Å². The van der Waals surface area contributed by atoms with Crippen molar-refractivity contribution >= 4 is 9.84 Å². The predicted octanol–water partition coefficient (Wildman–Crippen LogP) is -1.64. The molecule has 0 radical (unpaired) electrons. The Morgan fingerprint density at radius 1 is 1.20 bits per heavy atom. The molecule has 0 aromatic heterocycles. The highest BCUT2D eigenvalue weighted by atomic mass is 32.2. The maximum atomic E-state index is 11.3. The molecule has 5 nitrogen and oxygen atoms in total. The molecule has 15 heavy (non-hydrogen) atoms. The summed E-state index contributed by atoms with van der Waals surface area (Å²) in [5.74, 6) is 0.500. The van der Waals surface area contributed by atoms with Gasteiger partial charge in [-0.1, -0.05) is 0 Å². The van der Waals surface area contributed by atoms with E-state index in [-0.39, 0.29) is 17.0 Å². The van der Waals surface area contributed by atoms with E-state index in [2.05, 4.69) is 16.8 Å². The minimum atomic E-state index is -2.80. The molecule has 2 aliphatic heterocycles. The standard InChI is InChI=1S/C9H19N3O2S/c1-11-2-4-12(5-3-11)9(6-10)7-15(13,14)8-9/h2-8,10H2,1H3. The average Bonchev–Trinajstić information content (AvgIpc) is 2.14. The second-order valence-corrected chi connectivity index (χ2v) is 6.82. The van der Waals surface area contributed by atoms with Gasteiger partial charge >= 0.3 is 0 Å². The molecule has 2 saturated heterocycles. The van der Waals surface area contributed by atoms with Crippen LogP contribution >= 0.6 is 0 Å². The summed E-state index contributed by atoms with van der Waals surface area (Å²) in [4.78, 5) is 4.52. The van der Waals surface area contributed by atoms with Gasteiger partial charge in [0.25, 0.3) is 0 Å². The van der Waals surface area contributed by atoms with Crippen molar-refractivity contribution in [1.29, 1.82) is 0 Å². The van der Waals surface area contributed by atoms with Crippen molar-refractivity contribution in [3.05, 3.63) is 0 Å². The lowest BCUT2D eigenvalue weighted by Crippen LogP contribution is -2.71. The van der Waals surface area contributed by atoms with E-state index in [1.165, 1.54) is 0 Å². The number of sulfone groups is 1. The zero-order valence-corrected chi connectivity index (χ0v) is 9.96. The van der Waals surface area contributed by atoms with Crippen LogP contribution in [0.3, 0.4) is 0 Å². The summed E-state index contributed by atoms with van der Waals surface area (Å²) in [5.41, 5.74) is 5.49. The summed E-state index contributed by atoms with van der Waals surface area (Å²) in [6.07, 6.45) is 0. The third-order valence-corrected chi connectivity index (χ3v) is 5.49.